The number of rotatable bonds is 3. The lowest BCUT2D eigenvalue weighted by Gasteiger charge is -1.95. The lowest BCUT2D eigenvalue weighted by Crippen LogP contribution is -1.93. The van der Waals surface area contributed by atoms with Crippen LogP contribution in [-0.4, -0.2) is 11.5 Å². The first-order valence-corrected chi connectivity index (χ1v) is 6.54. The van der Waals surface area contributed by atoms with Crippen molar-refractivity contribution in [1.82, 2.24) is 4.98 Å². The van der Waals surface area contributed by atoms with Crippen LogP contribution in [0.5, 0.6) is 0 Å². The maximum atomic E-state index is 5.35. The van der Waals surface area contributed by atoms with Crippen LogP contribution < -0.4 is 5.73 Å². The monoisotopic (exact) mass is 250 g/mol. The van der Waals surface area contributed by atoms with Crippen molar-refractivity contribution in [3.8, 4) is 11.8 Å². The average Bonchev–Trinajstić information content (AvgIpc) is 2.94. The van der Waals surface area contributed by atoms with E-state index < -0.39 is 0 Å². The predicted octanol–water partition coefficient (Wildman–Crippen LogP) is 2.34. The summed E-state index contributed by atoms with van der Waals surface area (Å²) in [5.41, 5.74) is 6.40. The Bertz CT molecular complexity index is 494. The molecule has 0 aromatic carbocycles. The molecule has 2 aromatic heterocycles. The average molecular weight is 250 g/mol. The van der Waals surface area contributed by atoms with Crippen LogP contribution in [-0.2, 0) is 5.75 Å². The summed E-state index contributed by atoms with van der Waals surface area (Å²) < 4.78 is 5.15. The van der Waals surface area contributed by atoms with Crippen LogP contribution in [0, 0.1) is 11.8 Å². The van der Waals surface area contributed by atoms with E-state index in [1.54, 1.807) is 35.6 Å². The largest absolute Gasteiger partial charge is 0.440 e. The van der Waals surface area contributed by atoms with E-state index in [4.69, 9.17) is 10.2 Å². The molecule has 0 radical (unpaired) electrons. The van der Waals surface area contributed by atoms with Gasteiger partial charge in [0.05, 0.1) is 12.7 Å². The first kappa shape index (κ1) is 11.3. The number of hydrogen-bond acceptors (Lipinski definition) is 5. The van der Waals surface area contributed by atoms with E-state index in [1.165, 1.54) is 4.88 Å². The van der Waals surface area contributed by atoms with Crippen molar-refractivity contribution in [2.45, 2.75) is 11.0 Å². The van der Waals surface area contributed by atoms with Gasteiger partial charge in [0.25, 0.3) is 5.22 Å². The Labute approximate surface area is 102 Å². The van der Waals surface area contributed by atoms with E-state index >= 15 is 0 Å². The number of thiophene rings is 1. The second-order valence-corrected chi connectivity index (χ2v) is 4.78. The number of oxazole rings is 1. The van der Waals surface area contributed by atoms with Crippen LogP contribution in [0.1, 0.15) is 10.4 Å². The molecule has 82 valence electrons. The Balaban J connectivity index is 2.01. The number of aromatic nitrogens is 1. The molecule has 0 saturated carbocycles. The third-order valence-electron chi connectivity index (χ3n) is 1.81. The highest BCUT2D eigenvalue weighted by atomic mass is 32.2. The van der Waals surface area contributed by atoms with Gasteiger partial charge in [0.1, 0.15) is 6.26 Å². The Hall–Kier alpha value is -1.22. The topological polar surface area (TPSA) is 52.0 Å². The molecule has 2 rings (SSSR count). The summed E-state index contributed by atoms with van der Waals surface area (Å²) in [6.45, 7) is 0.391. The fraction of sp³-hybridized carbons (Fsp3) is 0.182. The van der Waals surface area contributed by atoms with Crippen molar-refractivity contribution in [1.29, 1.82) is 0 Å². The number of thioether (sulfide) groups is 1. The van der Waals surface area contributed by atoms with Crippen LogP contribution in [0.15, 0.2) is 33.5 Å². The summed E-state index contributed by atoms with van der Waals surface area (Å²) in [6, 6.07) is 2.01. The van der Waals surface area contributed by atoms with Gasteiger partial charge in [-0.2, -0.15) is 0 Å². The van der Waals surface area contributed by atoms with E-state index in [0.717, 1.165) is 11.3 Å². The predicted molar refractivity (Wildman–Crippen MR) is 66.3 cm³/mol. The van der Waals surface area contributed by atoms with Crippen molar-refractivity contribution in [2.24, 2.45) is 5.73 Å². The van der Waals surface area contributed by atoms with E-state index in [2.05, 4.69) is 16.8 Å². The maximum absolute atomic E-state index is 5.35. The Morgan fingerprint density at radius 3 is 3.25 bits per heavy atom. The number of nitrogens with two attached hydrogens (primary N) is 1. The van der Waals surface area contributed by atoms with Crippen molar-refractivity contribution < 1.29 is 4.42 Å². The van der Waals surface area contributed by atoms with Gasteiger partial charge in [-0.25, -0.2) is 4.98 Å². The molecule has 16 heavy (non-hydrogen) atoms. The first-order valence-electron chi connectivity index (χ1n) is 4.67. The molecule has 0 aliphatic heterocycles. The van der Waals surface area contributed by atoms with Gasteiger partial charge in [0.15, 0.2) is 0 Å². The maximum Gasteiger partial charge on any atom is 0.255 e. The minimum absolute atomic E-state index is 0.391. The normalized spacial score (nSPS) is 9.81. The molecule has 0 aliphatic rings. The van der Waals surface area contributed by atoms with Gasteiger partial charge in [0, 0.05) is 16.2 Å². The van der Waals surface area contributed by atoms with E-state index in [-0.39, 0.29) is 0 Å². The Kier molecular flexibility index (Phi) is 4.05. The van der Waals surface area contributed by atoms with Gasteiger partial charge in [-0.3, -0.25) is 0 Å². The number of hydrogen-bond donors (Lipinski definition) is 1. The smallest absolute Gasteiger partial charge is 0.255 e. The summed E-state index contributed by atoms with van der Waals surface area (Å²) in [5.74, 6) is 6.74. The molecule has 2 N–H and O–H groups in total. The molecular weight excluding hydrogens is 240 g/mol. The summed E-state index contributed by atoms with van der Waals surface area (Å²) in [5, 5.41) is 2.72. The van der Waals surface area contributed by atoms with E-state index in [1.807, 2.05) is 11.4 Å². The fourth-order valence-electron chi connectivity index (χ4n) is 1.12. The quantitative estimate of drug-likeness (QED) is 0.671. The van der Waals surface area contributed by atoms with Gasteiger partial charge < -0.3 is 10.2 Å². The first-order chi connectivity index (χ1) is 7.90. The van der Waals surface area contributed by atoms with Crippen LogP contribution in [0.2, 0.25) is 0 Å². The third-order valence-corrected chi connectivity index (χ3v) is 3.79. The van der Waals surface area contributed by atoms with Crippen LogP contribution >= 0.6 is 23.1 Å². The van der Waals surface area contributed by atoms with Gasteiger partial charge in [-0.15, -0.1) is 11.3 Å². The van der Waals surface area contributed by atoms with E-state index in [0.29, 0.717) is 11.8 Å². The fourth-order valence-corrected chi connectivity index (χ4v) is 2.85. The van der Waals surface area contributed by atoms with Gasteiger partial charge in [-0.1, -0.05) is 23.6 Å². The zero-order chi connectivity index (χ0) is 11.2. The van der Waals surface area contributed by atoms with Crippen LogP contribution in [0.4, 0.5) is 0 Å². The molecule has 0 fully saturated rings. The molecule has 0 atom stereocenters. The van der Waals surface area contributed by atoms with Crippen molar-refractivity contribution >= 4 is 23.1 Å². The lowest BCUT2D eigenvalue weighted by atomic mass is 10.3. The molecule has 0 saturated heterocycles. The molecule has 5 heteroatoms. The molecule has 0 unspecified atom stereocenters. The molecule has 2 aromatic rings. The lowest BCUT2D eigenvalue weighted by molar-refractivity contribution is 0.454. The molecule has 0 amide bonds. The second kappa shape index (κ2) is 5.75. The highest BCUT2D eigenvalue weighted by Crippen LogP contribution is 2.26. The van der Waals surface area contributed by atoms with Crippen LogP contribution in [0.3, 0.4) is 0 Å². The standard InChI is InChI=1S/C11H10N2OS2/c12-4-1-2-9-3-7-15-10(9)8-16-11-13-5-6-14-11/h3,5-7H,4,8,12H2. The van der Waals surface area contributed by atoms with Gasteiger partial charge in [0.2, 0.25) is 0 Å². The summed E-state index contributed by atoms with van der Waals surface area (Å²) >= 11 is 3.25. The van der Waals surface area contributed by atoms with Crippen molar-refractivity contribution in [3.05, 3.63) is 34.3 Å². The summed E-state index contributed by atoms with van der Waals surface area (Å²) in [7, 11) is 0. The molecule has 2 heterocycles. The SMILES string of the molecule is NCC#Cc1ccsc1CSc1ncco1. The molecule has 0 aliphatic carbocycles. The molecular formula is C11H10N2OS2. The third kappa shape index (κ3) is 2.89. The van der Waals surface area contributed by atoms with Gasteiger partial charge >= 0.3 is 0 Å². The zero-order valence-corrected chi connectivity index (χ0v) is 10.1. The minimum atomic E-state index is 0.391. The molecule has 0 bridgehead atoms. The summed E-state index contributed by atoms with van der Waals surface area (Å²) in [4.78, 5) is 5.28. The van der Waals surface area contributed by atoms with Crippen molar-refractivity contribution in [3.63, 3.8) is 0 Å². The highest BCUT2D eigenvalue weighted by Gasteiger charge is 2.05. The van der Waals surface area contributed by atoms with Crippen LogP contribution in [0.25, 0.3) is 0 Å². The van der Waals surface area contributed by atoms with E-state index in [9.17, 15) is 0 Å². The minimum Gasteiger partial charge on any atom is -0.440 e. The number of nitrogens with zero attached hydrogens (tertiary/aromatic N) is 1. The zero-order valence-electron chi connectivity index (χ0n) is 8.47. The second-order valence-electron chi connectivity index (χ2n) is 2.85. The molecule has 3 nitrogen and oxygen atoms in total. The Morgan fingerprint density at radius 1 is 1.56 bits per heavy atom. The van der Waals surface area contributed by atoms with Gasteiger partial charge in [-0.05, 0) is 11.4 Å². The Morgan fingerprint density at radius 2 is 2.50 bits per heavy atom. The summed E-state index contributed by atoms with van der Waals surface area (Å²) in [6.07, 6.45) is 3.22. The highest BCUT2D eigenvalue weighted by molar-refractivity contribution is 7.98. The molecule has 0 spiro atoms. The van der Waals surface area contributed by atoms with Crippen molar-refractivity contribution in [2.75, 3.05) is 6.54 Å².